The largest absolute Gasteiger partial charge is 0.496 e. The van der Waals surface area contributed by atoms with E-state index in [2.05, 4.69) is 4.74 Å². The first-order valence-corrected chi connectivity index (χ1v) is 8.80. The van der Waals surface area contributed by atoms with E-state index in [-0.39, 0.29) is 11.3 Å². The molecule has 31 heavy (non-hydrogen) atoms. The maximum atomic E-state index is 13.0. The van der Waals surface area contributed by atoms with Crippen LogP contribution in [0, 0.1) is 0 Å². The van der Waals surface area contributed by atoms with Gasteiger partial charge < -0.3 is 14.2 Å². The highest BCUT2D eigenvalue weighted by molar-refractivity contribution is 6.06. The third-order valence-electron chi connectivity index (χ3n) is 3.97. The van der Waals surface area contributed by atoms with E-state index in [1.54, 1.807) is 6.07 Å². The van der Waals surface area contributed by atoms with Crippen molar-refractivity contribution in [2.24, 2.45) is 0 Å². The lowest BCUT2D eigenvalue weighted by Gasteiger charge is -2.16. The van der Waals surface area contributed by atoms with Crippen molar-refractivity contribution in [3.05, 3.63) is 65.2 Å². The van der Waals surface area contributed by atoms with Crippen LogP contribution < -0.4 is 9.47 Å². The Morgan fingerprint density at radius 3 is 2.32 bits per heavy atom. The third-order valence-corrected chi connectivity index (χ3v) is 3.97. The van der Waals surface area contributed by atoms with E-state index in [9.17, 15) is 31.1 Å². The predicted octanol–water partition coefficient (Wildman–Crippen LogP) is 5.61. The molecule has 0 atom stereocenters. The number of ketones is 1. The molecule has 0 radical (unpaired) electrons. The molecule has 10 heteroatoms. The van der Waals surface area contributed by atoms with Gasteiger partial charge in [-0.3, -0.25) is 4.79 Å². The van der Waals surface area contributed by atoms with Crippen molar-refractivity contribution in [1.82, 2.24) is 0 Å². The highest BCUT2D eigenvalue weighted by Gasteiger charge is 2.41. The lowest BCUT2D eigenvalue weighted by atomic mass is 10.1. The zero-order valence-corrected chi connectivity index (χ0v) is 16.2. The van der Waals surface area contributed by atoms with Gasteiger partial charge in [-0.1, -0.05) is 12.1 Å². The number of ether oxygens (including phenoxy) is 3. The zero-order chi connectivity index (χ0) is 23.0. The molecular formula is C21H18F6O4. The summed E-state index contributed by atoms with van der Waals surface area (Å²) in [6, 6.07) is 9.67. The molecule has 0 aliphatic rings. The molecule has 2 rings (SSSR count). The Morgan fingerprint density at radius 2 is 1.74 bits per heavy atom. The van der Waals surface area contributed by atoms with Crippen LogP contribution in [0.4, 0.5) is 26.3 Å². The average molecular weight is 448 g/mol. The van der Waals surface area contributed by atoms with Gasteiger partial charge in [0.25, 0.3) is 0 Å². The van der Waals surface area contributed by atoms with E-state index in [4.69, 9.17) is 9.47 Å². The number of carbonyl (C=O) groups is 1. The van der Waals surface area contributed by atoms with Gasteiger partial charge in [0.2, 0.25) is 0 Å². The average Bonchev–Trinajstić information content (AvgIpc) is 2.72. The molecule has 0 saturated heterocycles. The molecule has 0 spiro atoms. The van der Waals surface area contributed by atoms with Crippen LogP contribution in [0.25, 0.3) is 6.08 Å². The van der Waals surface area contributed by atoms with Gasteiger partial charge in [-0.25, -0.2) is 8.78 Å². The monoisotopic (exact) mass is 448 g/mol. The van der Waals surface area contributed by atoms with Crippen molar-refractivity contribution in [3.63, 3.8) is 0 Å². The maximum Gasteiger partial charge on any atom is 0.387 e. The Kier molecular flexibility index (Phi) is 8.49. The second-order valence-corrected chi connectivity index (χ2v) is 6.23. The molecule has 0 unspecified atom stereocenters. The van der Waals surface area contributed by atoms with Crippen LogP contribution in [-0.4, -0.2) is 38.5 Å². The Morgan fingerprint density at radius 1 is 1.06 bits per heavy atom. The van der Waals surface area contributed by atoms with Gasteiger partial charge in [0.15, 0.2) is 5.78 Å². The van der Waals surface area contributed by atoms with E-state index in [1.165, 1.54) is 55.7 Å². The minimum absolute atomic E-state index is 0.0901. The maximum absolute atomic E-state index is 13.0. The number of methoxy groups -OCH3 is 1. The fourth-order valence-corrected chi connectivity index (χ4v) is 2.44. The van der Waals surface area contributed by atoms with Crippen molar-refractivity contribution in [2.45, 2.75) is 25.6 Å². The number of benzene rings is 2. The first kappa shape index (κ1) is 24.3. The standard InChI is InChI=1S/C21H18F6O4/c1-29-18-9-3-13(10-15(18)11-30-12-21(26,27)19(22)23)2-8-17(28)14-4-6-16(7-5-14)31-20(24)25/h2-10,19-20H,11-12H2,1H3/b8-2+. The third kappa shape index (κ3) is 7.32. The highest BCUT2D eigenvalue weighted by Crippen LogP contribution is 2.26. The summed E-state index contributed by atoms with van der Waals surface area (Å²) in [6.07, 6.45) is -1.19. The SMILES string of the molecule is COc1ccc(/C=C/C(=O)c2ccc(OC(F)F)cc2)cc1COCC(F)(F)C(F)F. The molecule has 0 heterocycles. The lowest BCUT2D eigenvalue weighted by molar-refractivity contribution is -0.168. The van der Waals surface area contributed by atoms with Crippen LogP contribution in [0.5, 0.6) is 11.5 Å². The van der Waals surface area contributed by atoms with Gasteiger partial charge >= 0.3 is 19.0 Å². The topological polar surface area (TPSA) is 44.8 Å². The molecule has 0 bridgehead atoms. The normalized spacial score (nSPS) is 12.0. The molecule has 0 fully saturated rings. The van der Waals surface area contributed by atoms with Crippen LogP contribution in [0.2, 0.25) is 0 Å². The van der Waals surface area contributed by atoms with E-state index < -0.39 is 38.0 Å². The first-order valence-electron chi connectivity index (χ1n) is 8.80. The summed E-state index contributed by atoms with van der Waals surface area (Å²) in [5.41, 5.74) is 1.03. The Bertz CT molecular complexity index is 897. The Labute approximate surface area is 174 Å². The van der Waals surface area contributed by atoms with Crippen molar-refractivity contribution in [1.29, 1.82) is 0 Å². The minimum atomic E-state index is -4.27. The van der Waals surface area contributed by atoms with Gasteiger partial charge in [0.05, 0.1) is 13.7 Å². The minimum Gasteiger partial charge on any atom is -0.496 e. The molecule has 0 saturated carbocycles. The second-order valence-electron chi connectivity index (χ2n) is 6.23. The number of hydrogen-bond donors (Lipinski definition) is 0. The van der Waals surface area contributed by atoms with E-state index in [0.717, 1.165) is 0 Å². The first-order chi connectivity index (χ1) is 14.6. The summed E-state index contributed by atoms with van der Waals surface area (Å²) >= 11 is 0. The number of carbonyl (C=O) groups excluding carboxylic acids is 1. The molecule has 2 aromatic rings. The molecule has 0 amide bonds. The Hall–Kier alpha value is -3.01. The summed E-state index contributed by atoms with van der Waals surface area (Å²) in [7, 11) is 1.34. The molecule has 0 N–H and O–H groups in total. The van der Waals surface area contributed by atoms with E-state index in [1.807, 2.05) is 0 Å². The predicted molar refractivity (Wildman–Crippen MR) is 100 cm³/mol. The van der Waals surface area contributed by atoms with Gasteiger partial charge in [0.1, 0.15) is 18.1 Å². The van der Waals surface area contributed by atoms with E-state index >= 15 is 0 Å². The Balaban J connectivity index is 2.06. The highest BCUT2D eigenvalue weighted by atomic mass is 19.3. The van der Waals surface area contributed by atoms with Crippen molar-refractivity contribution < 1.29 is 45.3 Å². The van der Waals surface area contributed by atoms with Gasteiger partial charge in [-0.05, 0) is 48.0 Å². The molecule has 0 aromatic heterocycles. The number of rotatable bonds is 11. The van der Waals surface area contributed by atoms with Crippen LogP contribution >= 0.6 is 0 Å². The van der Waals surface area contributed by atoms with Crippen LogP contribution in [0.15, 0.2) is 48.5 Å². The van der Waals surface area contributed by atoms with Gasteiger partial charge in [-0.15, -0.1) is 0 Å². The summed E-state index contributed by atoms with van der Waals surface area (Å²) in [4.78, 5) is 12.2. The smallest absolute Gasteiger partial charge is 0.387 e. The molecule has 2 aromatic carbocycles. The number of hydrogen-bond acceptors (Lipinski definition) is 4. The molecule has 168 valence electrons. The van der Waals surface area contributed by atoms with Crippen molar-refractivity contribution >= 4 is 11.9 Å². The van der Waals surface area contributed by atoms with Crippen LogP contribution in [0.1, 0.15) is 21.5 Å². The van der Waals surface area contributed by atoms with Crippen molar-refractivity contribution in [2.75, 3.05) is 13.7 Å². The fraction of sp³-hybridized carbons (Fsp3) is 0.286. The van der Waals surface area contributed by atoms with Gasteiger partial charge in [-0.2, -0.15) is 17.6 Å². The van der Waals surface area contributed by atoms with Crippen LogP contribution in [0.3, 0.4) is 0 Å². The number of allylic oxidation sites excluding steroid dienone is 1. The second kappa shape index (κ2) is 10.9. The van der Waals surface area contributed by atoms with E-state index in [0.29, 0.717) is 16.9 Å². The quantitative estimate of drug-likeness (QED) is 0.255. The van der Waals surface area contributed by atoms with Gasteiger partial charge in [0, 0.05) is 11.1 Å². The summed E-state index contributed by atoms with van der Waals surface area (Å²) in [6.45, 7) is -4.85. The summed E-state index contributed by atoms with van der Waals surface area (Å²) in [5, 5.41) is 0. The molecule has 0 aliphatic heterocycles. The fourth-order valence-electron chi connectivity index (χ4n) is 2.44. The van der Waals surface area contributed by atoms with Crippen molar-refractivity contribution in [3.8, 4) is 11.5 Å². The molecule has 4 nitrogen and oxygen atoms in total. The van der Waals surface area contributed by atoms with Crippen LogP contribution in [-0.2, 0) is 11.3 Å². The summed E-state index contributed by atoms with van der Waals surface area (Å²) < 4.78 is 88.7. The molecular weight excluding hydrogens is 430 g/mol. The molecule has 0 aliphatic carbocycles. The lowest BCUT2D eigenvalue weighted by Crippen LogP contribution is -2.32. The number of halogens is 6. The summed E-state index contributed by atoms with van der Waals surface area (Å²) in [5.74, 6) is -4.49. The number of alkyl halides is 6. The zero-order valence-electron chi connectivity index (χ0n) is 16.2.